The third-order valence-corrected chi connectivity index (χ3v) is 5.02. The first kappa shape index (κ1) is 11.7. The molecule has 2 bridgehead atoms. The molecule has 1 aliphatic heterocycles. The molecule has 2 heteroatoms. The Balaban J connectivity index is 1.52. The second-order valence-corrected chi connectivity index (χ2v) is 6.24. The lowest BCUT2D eigenvalue weighted by Crippen LogP contribution is -2.46. The molecule has 1 N–H and O–H groups in total. The Bertz CT molecular complexity index is 295. The summed E-state index contributed by atoms with van der Waals surface area (Å²) in [5, 5.41) is 3.79. The van der Waals surface area contributed by atoms with Gasteiger partial charge in [0, 0.05) is 18.7 Å². The number of hydrogen-bond acceptors (Lipinski definition) is 2. The molecular weight excluding hydrogens is 210 g/mol. The zero-order chi connectivity index (χ0) is 11.8. The van der Waals surface area contributed by atoms with Gasteiger partial charge in [0.2, 0.25) is 0 Å². The second kappa shape index (κ2) is 4.74. The normalized spacial score (nSPS) is 43.2. The van der Waals surface area contributed by atoms with Crippen molar-refractivity contribution in [1.82, 2.24) is 5.32 Å². The van der Waals surface area contributed by atoms with Gasteiger partial charge in [-0.05, 0) is 57.3 Å². The van der Waals surface area contributed by atoms with Crippen LogP contribution in [0.25, 0.3) is 0 Å². The third-order valence-electron chi connectivity index (χ3n) is 5.02. The highest BCUT2D eigenvalue weighted by atomic mass is 16.5. The van der Waals surface area contributed by atoms with Crippen LogP contribution in [0.1, 0.15) is 39.5 Å². The van der Waals surface area contributed by atoms with Crippen LogP contribution in [0, 0.1) is 17.8 Å². The van der Waals surface area contributed by atoms with E-state index in [1.807, 2.05) is 0 Å². The third kappa shape index (κ3) is 2.30. The molecule has 96 valence electrons. The molecule has 0 aromatic heterocycles. The highest BCUT2D eigenvalue weighted by molar-refractivity contribution is 5.11. The number of rotatable bonds is 4. The largest absolute Gasteiger partial charge is 0.377 e. The van der Waals surface area contributed by atoms with Gasteiger partial charge in [-0.2, -0.15) is 0 Å². The van der Waals surface area contributed by atoms with E-state index in [1.54, 1.807) is 0 Å². The van der Waals surface area contributed by atoms with Crippen molar-refractivity contribution in [3.05, 3.63) is 12.2 Å². The van der Waals surface area contributed by atoms with Gasteiger partial charge in [-0.25, -0.2) is 0 Å². The quantitative estimate of drug-likeness (QED) is 0.757. The number of fused-ring (bicyclic) bond motifs is 2. The van der Waals surface area contributed by atoms with Gasteiger partial charge in [0.25, 0.3) is 0 Å². The molecule has 1 heterocycles. The molecule has 2 fully saturated rings. The zero-order valence-electron chi connectivity index (χ0n) is 11.1. The maximum atomic E-state index is 5.76. The van der Waals surface area contributed by atoms with Crippen molar-refractivity contribution < 1.29 is 4.74 Å². The maximum absolute atomic E-state index is 5.76. The fraction of sp³-hybridized carbons (Fsp3) is 0.867. The van der Waals surface area contributed by atoms with Gasteiger partial charge in [0.05, 0.1) is 6.10 Å². The van der Waals surface area contributed by atoms with Gasteiger partial charge in [-0.1, -0.05) is 12.2 Å². The average Bonchev–Trinajstić information content (AvgIpc) is 3.05. The molecular formula is C15H25NO. The molecule has 17 heavy (non-hydrogen) atoms. The Hall–Kier alpha value is -0.340. The molecule has 6 atom stereocenters. The summed E-state index contributed by atoms with van der Waals surface area (Å²) in [6.07, 6.45) is 10.6. The summed E-state index contributed by atoms with van der Waals surface area (Å²) in [6.45, 7) is 5.61. The fourth-order valence-corrected chi connectivity index (χ4v) is 4.04. The summed E-state index contributed by atoms with van der Waals surface area (Å²) in [7, 11) is 0. The van der Waals surface area contributed by atoms with Gasteiger partial charge in [0.1, 0.15) is 0 Å². The SMILES string of the molecule is CC(NC(C)C1CC2C=CC1C2)C1CCCO1. The Kier molecular flexibility index (Phi) is 3.27. The van der Waals surface area contributed by atoms with Crippen LogP contribution in [0.4, 0.5) is 0 Å². The Labute approximate surface area is 105 Å². The van der Waals surface area contributed by atoms with Crippen molar-refractivity contribution in [3.8, 4) is 0 Å². The number of hydrogen-bond donors (Lipinski definition) is 1. The molecule has 6 unspecified atom stereocenters. The molecule has 0 radical (unpaired) electrons. The molecule has 2 aliphatic carbocycles. The lowest BCUT2D eigenvalue weighted by atomic mass is 9.87. The van der Waals surface area contributed by atoms with Crippen LogP contribution in [0.3, 0.4) is 0 Å². The van der Waals surface area contributed by atoms with Crippen molar-refractivity contribution in [2.45, 2.75) is 57.7 Å². The van der Waals surface area contributed by atoms with Crippen molar-refractivity contribution in [3.63, 3.8) is 0 Å². The van der Waals surface area contributed by atoms with E-state index in [0.717, 1.165) is 24.4 Å². The molecule has 2 nitrogen and oxygen atoms in total. The minimum absolute atomic E-state index is 0.451. The van der Waals surface area contributed by atoms with Gasteiger partial charge in [0.15, 0.2) is 0 Å². The van der Waals surface area contributed by atoms with Crippen LogP contribution < -0.4 is 5.32 Å². The van der Waals surface area contributed by atoms with E-state index in [-0.39, 0.29) is 0 Å². The summed E-state index contributed by atoms with van der Waals surface area (Å²) in [6, 6.07) is 1.14. The molecule has 3 rings (SSSR count). The zero-order valence-corrected chi connectivity index (χ0v) is 11.1. The molecule has 0 amide bonds. The van der Waals surface area contributed by atoms with Crippen LogP contribution in [0.5, 0.6) is 0 Å². The molecule has 0 spiro atoms. The first-order chi connectivity index (χ1) is 8.24. The molecule has 0 aromatic rings. The lowest BCUT2D eigenvalue weighted by molar-refractivity contribution is 0.0763. The smallest absolute Gasteiger partial charge is 0.0726 e. The van der Waals surface area contributed by atoms with E-state index < -0.39 is 0 Å². The molecule has 0 aromatic carbocycles. The number of ether oxygens (including phenoxy) is 1. The van der Waals surface area contributed by atoms with Gasteiger partial charge in [-0.3, -0.25) is 0 Å². The summed E-state index contributed by atoms with van der Waals surface area (Å²) >= 11 is 0. The van der Waals surface area contributed by atoms with Crippen LogP contribution >= 0.6 is 0 Å². The van der Waals surface area contributed by atoms with Crippen LogP contribution in [-0.2, 0) is 4.74 Å². The lowest BCUT2D eigenvalue weighted by Gasteiger charge is -2.31. The van der Waals surface area contributed by atoms with Crippen LogP contribution in [0.2, 0.25) is 0 Å². The predicted molar refractivity (Wildman–Crippen MR) is 69.9 cm³/mol. The van der Waals surface area contributed by atoms with E-state index in [9.17, 15) is 0 Å². The Morgan fingerprint density at radius 1 is 1.18 bits per heavy atom. The first-order valence-electron chi connectivity index (χ1n) is 7.30. The topological polar surface area (TPSA) is 21.3 Å². The Morgan fingerprint density at radius 2 is 2.06 bits per heavy atom. The van der Waals surface area contributed by atoms with Crippen LogP contribution in [0.15, 0.2) is 12.2 Å². The monoisotopic (exact) mass is 235 g/mol. The second-order valence-electron chi connectivity index (χ2n) is 6.24. The highest BCUT2D eigenvalue weighted by Crippen LogP contribution is 2.44. The molecule has 1 saturated heterocycles. The van der Waals surface area contributed by atoms with Gasteiger partial charge < -0.3 is 10.1 Å². The fourth-order valence-electron chi connectivity index (χ4n) is 4.04. The summed E-state index contributed by atoms with van der Waals surface area (Å²) in [5.41, 5.74) is 0. The summed E-state index contributed by atoms with van der Waals surface area (Å²) in [4.78, 5) is 0. The minimum Gasteiger partial charge on any atom is -0.377 e. The van der Waals surface area contributed by atoms with E-state index in [1.165, 1.54) is 25.7 Å². The maximum Gasteiger partial charge on any atom is 0.0726 e. The van der Waals surface area contributed by atoms with Crippen molar-refractivity contribution in [2.75, 3.05) is 6.61 Å². The van der Waals surface area contributed by atoms with E-state index in [2.05, 4.69) is 31.3 Å². The molecule has 1 saturated carbocycles. The average molecular weight is 235 g/mol. The summed E-state index contributed by atoms with van der Waals surface area (Å²) < 4.78 is 5.76. The number of allylic oxidation sites excluding steroid dienone is 2. The van der Waals surface area contributed by atoms with E-state index in [0.29, 0.717) is 18.2 Å². The Morgan fingerprint density at radius 3 is 2.65 bits per heavy atom. The molecule has 3 aliphatic rings. The highest BCUT2D eigenvalue weighted by Gasteiger charge is 2.39. The van der Waals surface area contributed by atoms with Crippen molar-refractivity contribution in [1.29, 1.82) is 0 Å². The van der Waals surface area contributed by atoms with Crippen molar-refractivity contribution in [2.24, 2.45) is 17.8 Å². The van der Waals surface area contributed by atoms with Crippen LogP contribution in [-0.4, -0.2) is 24.8 Å². The van der Waals surface area contributed by atoms with Crippen molar-refractivity contribution >= 4 is 0 Å². The van der Waals surface area contributed by atoms with Gasteiger partial charge >= 0.3 is 0 Å². The van der Waals surface area contributed by atoms with E-state index >= 15 is 0 Å². The standard InChI is InChI=1S/C15H25NO/c1-10(14-9-12-5-6-13(14)8-12)16-11(2)15-4-3-7-17-15/h5-6,10-16H,3-4,7-9H2,1-2H3. The van der Waals surface area contributed by atoms with E-state index in [4.69, 9.17) is 4.74 Å². The van der Waals surface area contributed by atoms with Gasteiger partial charge in [-0.15, -0.1) is 0 Å². The first-order valence-corrected chi connectivity index (χ1v) is 7.30. The predicted octanol–water partition coefficient (Wildman–Crippen LogP) is 2.74. The summed E-state index contributed by atoms with van der Waals surface area (Å²) in [5.74, 6) is 2.58. The minimum atomic E-state index is 0.451. The number of nitrogens with one attached hydrogen (secondary N) is 1.